The van der Waals surface area contributed by atoms with Gasteiger partial charge >= 0.3 is 11.9 Å². The van der Waals surface area contributed by atoms with Crippen LogP contribution in [0.2, 0.25) is 0 Å². The minimum atomic E-state index is -0.870. The number of carbonyl (C=O) groups is 2. The van der Waals surface area contributed by atoms with Crippen LogP contribution >= 0.6 is 0 Å². The molecule has 0 saturated heterocycles. The fourth-order valence-corrected chi connectivity index (χ4v) is 1.65. The Hall–Kier alpha value is -2.36. The first kappa shape index (κ1) is 12.1. The molecule has 4 heteroatoms. The fourth-order valence-electron chi connectivity index (χ4n) is 1.65. The summed E-state index contributed by atoms with van der Waals surface area (Å²) in [4.78, 5) is 22.6. The SMILES string of the molecule is CCOC(=O)C(=O)Nc1ccc2ccccc2c1. The highest BCUT2D eigenvalue weighted by Gasteiger charge is 2.14. The van der Waals surface area contributed by atoms with E-state index in [4.69, 9.17) is 0 Å². The number of hydrogen-bond acceptors (Lipinski definition) is 3. The summed E-state index contributed by atoms with van der Waals surface area (Å²) in [5.74, 6) is -1.63. The molecule has 92 valence electrons. The quantitative estimate of drug-likeness (QED) is 0.650. The van der Waals surface area contributed by atoms with Crippen LogP contribution in [0.4, 0.5) is 5.69 Å². The second-order valence-electron chi connectivity index (χ2n) is 3.74. The van der Waals surface area contributed by atoms with E-state index in [2.05, 4.69) is 10.1 Å². The van der Waals surface area contributed by atoms with Gasteiger partial charge < -0.3 is 10.1 Å². The lowest BCUT2D eigenvalue weighted by atomic mass is 10.1. The molecule has 2 aromatic carbocycles. The number of carbonyl (C=O) groups excluding carboxylic acids is 2. The Balaban J connectivity index is 2.17. The minimum absolute atomic E-state index is 0.184. The molecule has 0 atom stereocenters. The molecule has 0 aromatic heterocycles. The van der Waals surface area contributed by atoms with Crippen molar-refractivity contribution in [2.45, 2.75) is 6.92 Å². The Morgan fingerprint density at radius 1 is 1.11 bits per heavy atom. The smallest absolute Gasteiger partial charge is 0.397 e. The van der Waals surface area contributed by atoms with Gasteiger partial charge in [-0.3, -0.25) is 4.79 Å². The lowest BCUT2D eigenvalue weighted by Gasteiger charge is -2.05. The first-order chi connectivity index (χ1) is 8.70. The lowest BCUT2D eigenvalue weighted by Crippen LogP contribution is -2.24. The molecule has 2 aromatic rings. The number of hydrogen-bond donors (Lipinski definition) is 1. The van der Waals surface area contributed by atoms with Crippen molar-refractivity contribution in [3.63, 3.8) is 0 Å². The van der Waals surface area contributed by atoms with Crippen molar-refractivity contribution >= 4 is 28.3 Å². The van der Waals surface area contributed by atoms with E-state index in [1.54, 1.807) is 13.0 Å². The van der Waals surface area contributed by atoms with Crippen molar-refractivity contribution in [2.24, 2.45) is 0 Å². The van der Waals surface area contributed by atoms with Crippen molar-refractivity contribution in [1.82, 2.24) is 0 Å². The van der Waals surface area contributed by atoms with Gasteiger partial charge in [-0.15, -0.1) is 0 Å². The Morgan fingerprint density at radius 2 is 1.83 bits per heavy atom. The van der Waals surface area contributed by atoms with Crippen LogP contribution in [0.1, 0.15) is 6.92 Å². The van der Waals surface area contributed by atoms with Crippen LogP contribution in [0.3, 0.4) is 0 Å². The highest BCUT2D eigenvalue weighted by Crippen LogP contribution is 2.18. The monoisotopic (exact) mass is 243 g/mol. The average molecular weight is 243 g/mol. The van der Waals surface area contributed by atoms with Gasteiger partial charge in [-0.25, -0.2) is 4.79 Å². The van der Waals surface area contributed by atoms with E-state index in [1.165, 1.54) is 0 Å². The summed E-state index contributed by atoms with van der Waals surface area (Å²) in [7, 11) is 0. The molecule has 1 N–H and O–H groups in total. The molecule has 0 spiro atoms. The van der Waals surface area contributed by atoms with E-state index >= 15 is 0 Å². The molecule has 0 bridgehead atoms. The third-order valence-corrected chi connectivity index (χ3v) is 2.47. The molecular formula is C14H13NO3. The van der Waals surface area contributed by atoms with Gasteiger partial charge in [0.1, 0.15) is 0 Å². The summed E-state index contributed by atoms with van der Waals surface area (Å²) < 4.78 is 4.61. The van der Waals surface area contributed by atoms with E-state index < -0.39 is 11.9 Å². The summed E-state index contributed by atoms with van der Waals surface area (Å²) in [6.45, 7) is 1.84. The number of esters is 1. The van der Waals surface area contributed by atoms with Gasteiger partial charge in [0.15, 0.2) is 0 Å². The molecule has 0 aliphatic rings. The second kappa shape index (κ2) is 5.31. The number of anilines is 1. The number of nitrogens with one attached hydrogen (secondary N) is 1. The molecule has 4 nitrogen and oxygen atoms in total. The van der Waals surface area contributed by atoms with Crippen LogP contribution < -0.4 is 5.32 Å². The molecule has 0 radical (unpaired) electrons. The highest BCUT2D eigenvalue weighted by molar-refractivity contribution is 6.37. The molecule has 0 aliphatic carbocycles. The second-order valence-corrected chi connectivity index (χ2v) is 3.74. The molecule has 0 fully saturated rings. The normalized spacial score (nSPS) is 10.1. The third-order valence-electron chi connectivity index (χ3n) is 2.47. The Bertz CT molecular complexity index is 592. The number of fused-ring (bicyclic) bond motifs is 1. The van der Waals surface area contributed by atoms with Crippen molar-refractivity contribution in [2.75, 3.05) is 11.9 Å². The van der Waals surface area contributed by atoms with Crippen molar-refractivity contribution in [1.29, 1.82) is 0 Å². The van der Waals surface area contributed by atoms with Crippen LogP contribution in [0.5, 0.6) is 0 Å². The van der Waals surface area contributed by atoms with Crippen LogP contribution in [-0.4, -0.2) is 18.5 Å². The summed E-state index contributed by atoms with van der Waals surface area (Å²) in [5.41, 5.74) is 0.576. The van der Waals surface area contributed by atoms with Gasteiger partial charge in [0.2, 0.25) is 0 Å². The van der Waals surface area contributed by atoms with Gasteiger partial charge in [-0.2, -0.15) is 0 Å². The number of benzene rings is 2. The van der Waals surface area contributed by atoms with Gasteiger partial charge in [-0.1, -0.05) is 30.3 Å². The minimum Gasteiger partial charge on any atom is -0.459 e. The Morgan fingerprint density at radius 3 is 2.56 bits per heavy atom. The molecule has 0 unspecified atom stereocenters. The molecule has 1 amide bonds. The molecule has 0 saturated carbocycles. The molecule has 0 aliphatic heterocycles. The van der Waals surface area contributed by atoms with Crippen LogP contribution in [0.25, 0.3) is 10.8 Å². The first-order valence-electron chi connectivity index (χ1n) is 5.67. The summed E-state index contributed by atoms with van der Waals surface area (Å²) >= 11 is 0. The van der Waals surface area contributed by atoms with E-state index in [0.29, 0.717) is 5.69 Å². The first-order valence-corrected chi connectivity index (χ1v) is 5.67. The molecule has 0 heterocycles. The van der Waals surface area contributed by atoms with Crippen LogP contribution in [-0.2, 0) is 14.3 Å². The van der Waals surface area contributed by atoms with Gasteiger partial charge in [0.25, 0.3) is 0 Å². The molecular weight excluding hydrogens is 230 g/mol. The molecule has 18 heavy (non-hydrogen) atoms. The highest BCUT2D eigenvalue weighted by atomic mass is 16.5. The van der Waals surface area contributed by atoms with Crippen LogP contribution in [0.15, 0.2) is 42.5 Å². The maximum Gasteiger partial charge on any atom is 0.397 e. The topological polar surface area (TPSA) is 55.4 Å². The van der Waals surface area contributed by atoms with Gasteiger partial charge in [-0.05, 0) is 29.8 Å². The summed E-state index contributed by atoms with van der Waals surface area (Å²) in [5, 5.41) is 4.58. The lowest BCUT2D eigenvalue weighted by molar-refractivity contribution is -0.152. The van der Waals surface area contributed by atoms with E-state index in [1.807, 2.05) is 36.4 Å². The number of amides is 1. The van der Waals surface area contributed by atoms with Crippen molar-refractivity contribution < 1.29 is 14.3 Å². The van der Waals surface area contributed by atoms with E-state index in [9.17, 15) is 9.59 Å². The maximum atomic E-state index is 11.5. The predicted octanol–water partition coefficient (Wildman–Crippen LogP) is 2.34. The standard InChI is InChI=1S/C14H13NO3/c1-2-18-14(17)13(16)15-12-8-7-10-5-3-4-6-11(10)9-12/h3-9H,2H2,1H3,(H,15,16). The fraction of sp³-hybridized carbons (Fsp3) is 0.143. The zero-order valence-corrected chi connectivity index (χ0v) is 9.97. The van der Waals surface area contributed by atoms with E-state index in [-0.39, 0.29) is 6.61 Å². The third kappa shape index (κ3) is 2.66. The van der Waals surface area contributed by atoms with Gasteiger partial charge in [0.05, 0.1) is 6.61 Å². The largest absolute Gasteiger partial charge is 0.459 e. The van der Waals surface area contributed by atoms with E-state index in [0.717, 1.165) is 10.8 Å². The summed E-state index contributed by atoms with van der Waals surface area (Å²) in [6.07, 6.45) is 0. The predicted molar refractivity (Wildman–Crippen MR) is 69.2 cm³/mol. The average Bonchev–Trinajstić information content (AvgIpc) is 2.39. The number of rotatable bonds is 2. The van der Waals surface area contributed by atoms with Crippen molar-refractivity contribution in [3.8, 4) is 0 Å². The molecule has 2 rings (SSSR count). The Labute approximate surface area is 105 Å². The maximum absolute atomic E-state index is 11.5. The van der Waals surface area contributed by atoms with Crippen LogP contribution in [0, 0.1) is 0 Å². The number of ether oxygens (including phenoxy) is 1. The zero-order valence-electron chi connectivity index (χ0n) is 9.97. The van der Waals surface area contributed by atoms with Crippen molar-refractivity contribution in [3.05, 3.63) is 42.5 Å². The Kier molecular flexibility index (Phi) is 3.57. The van der Waals surface area contributed by atoms with Gasteiger partial charge in [0, 0.05) is 5.69 Å². The summed E-state index contributed by atoms with van der Waals surface area (Å²) in [6, 6.07) is 13.2. The zero-order chi connectivity index (χ0) is 13.0.